The van der Waals surface area contributed by atoms with Gasteiger partial charge in [0.05, 0.1) is 0 Å². The van der Waals surface area contributed by atoms with Gasteiger partial charge in [0.25, 0.3) is 11.8 Å². The molecule has 174 valence electrons. The van der Waals surface area contributed by atoms with Gasteiger partial charge >= 0.3 is 0 Å². The lowest BCUT2D eigenvalue weighted by atomic mass is 9.88. The first-order chi connectivity index (χ1) is 15.9. The van der Waals surface area contributed by atoms with E-state index < -0.39 is 11.9 Å². The van der Waals surface area contributed by atoms with E-state index in [9.17, 15) is 18.8 Å². The van der Waals surface area contributed by atoms with Crippen molar-refractivity contribution in [3.63, 3.8) is 0 Å². The number of amides is 3. The molecule has 2 aromatic rings. The van der Waals surface area contributed by atoms with Gasteiger partial charge in [-0.25, -0.2) is 4.39 Å². The maximum atomic E-state index is 13.3. The highest BCUT2D eigenvalue weighted by molar-refractivity contribution is 5.98. The first-order valence-electron chi connectivity index (χ1n) is 11.6. The fourth-order valence-corrected chi connectivity index (χ4v) is 4.66. The van der Waals surface area contributed by atoms with Crippen LogP contribution in [0.25, 0.3) is 0 Å². The van der Waals surface area contributed by atoms with Crippen molar-refractivity contribution in [3.05, 3.63) is 71.0 Å². The van der Waals surface area contributed by atoms with Gasteiger partial charge in [0, 0.05) is 37.3 Å². The van der Waals surface area contributed by atoms with Gasteiger partial charge in [-0.05, 0) is 74.9 Å². The minimum Gasteiger partial charge on any atom is -0.341 e. The Morgan fingerprint density at radius 1 is 0.848 bits per heavy atom. The number of carbonyl (C=O) groups excluding carboxylic acids is 3. The molecule has 0 radical (unpaired) electrons. The van der Waals surface area contributed by atoms with Crippen LogP contribution in [-0.2, 0) is 4.79 Å². The topological polar surface area (TPSA) is 69.7 Å². The molecule has 2 aromatic carbocycles. The molecule has 1 N–H and O–H groups in total. The monoisotopic (exact) mass is 451 g/mol. The standard InChI is InChI=1S/C26H30FN3O3/c1-18-4-6-21(7-5-18)25(32)30-16-12-19(13-17-30)23(26(33)29-14-2-3-15-29)28-24(31)20-8-10-22(27)11-9-20/h4-11,19,23H,2-3,12-17H2,1H3,(H,28,31). The van der Waals surface area contributed by atoms with Gasteiger partial charge in [0.15, 0.2) is 0 Å². The normalized spacial score (nSPS) is 17.6. The summed E-state index contributed by atoms with van der Waals surface area (Å²) in [5, 5.41) is 2.93. The summed E-state index contributed by atoms with van der Waals surface area (Å²) in [5.74, 6) is -0.936. The highest BCUT2D eigenvalue weighted by Gasteiger charge is 2.37. The van der Waals surface area contributed by atoms with Crippen LogP contribution in [0.2, 0.25) is 0 Å². The Balaban J connectivity index is 1.45. The molecule has 2 aliphatic heterocycles. The van der Waals surface area contributed by atoms with Crippen molar-refractivity contribution in [1.82, 2.24) is 15.1 Å². The van der Waals surface area contributed by atoms with Crippen LogP contribution in [0.1, 0.15) is 52.0 Å². The Kier molecular flexibility index (Phi) is 7.06. The molecule has 0 spiro atoms. The molecule has 1 atom stereocenters. The summed E-state index contributed by atoms with van der Waals surface area (Å²) >= 11 is 0. The van der Waals surface area contributed by atoms with Crippen LogP contribution in [0.3, 0.4) is 0 Å². The molecular weight excluding hydrogens is 421 g/mol. The Bertz CT molecular complexity index is 992. The van der Waals surface area contributed by atoms with E-state index in [4.69, 9.17) is 0 Å². The summed E-state index contributed by atoms with van der Waals surface area (Å²) in [6.45, 7) is 4.46. The van der Waals surface area contributed by atoms with Crippen molar-refractivity contribution in [2.75, 3.05) is 26.2 Å². The molecule has 4 rings (SSSR count). The SMILES string of the molecule is Cc1ccc(C(=O)N2CCC(C(NC(=O)c3ccc(F)cc3)C(=O)N3CCCC3)CC2)cc1. The summed E-state index contributed by atoms with van der Waals surface area (Å²) < 4.78 is 13.3. The number of rotatable bonds is 5. The van der Waals surface area contributed by atoms with Crippen LogP contribution in [-0.4, -0.2) is 59.7 Å². The van der Waals surface area contributed by atoms with Gasteiger partial charge in [-0.1, -0.05) is 17.7 Å². The van der Waals surface area contributed by atoms with Gasteiger partial charge in [-0.3, -0.25) is 14.4 Å². The van der Waals surface area contributed by atoms with Crippen molar-refractivity contribution < 1.29 is 18.8 Å². The van der Waals surface area contributed by atoms with E-state index in [0.717, 1.165) is 18.4 Å². The number of hydrogen-bond acceptors (Lipinski definition) is 3. The second kappa shape index (κ2) is 10.1. The second-order valence-electron chi connectivity index (χ2n) is 8.99. The smallest absolute Gasteiger partial charge is 0.253 e. The first kappa shape index (κ1) is 23.0. The zero-order valence-electron chi connectivity index (χ0n) is 18.9. The first-order valence-corrected chi connectivity index (χ1v) is 11.6. The quantitative estimate of drug-likeness (QED) is 0.758. The highest BCUT2D eigenvalue weighted by Crippen LogP contribution is 2.25. The van der Waals surface area contributed by atoms with E-state index in [2.05, 4.69) is 5.32 Å². The number of aryl methyl sites for hydroxylation is 1. The van der Waals surface area contributed by atoms with Gasteiger partial charge in [-0.15, -0.1) is 0 Å². The number of hydrogen-bond donors (Lipinski definition) is 1. The summed E-state index contributed by atoms with van der Waals surface area (Å²) in [5.41, 5.74) is 2.08. The third-order valence-electron chi connectivity index (χ3n) is 6.67. The van der Waals surface area contributed by atoms with Gasteiger partial charge in [0.2, 0.25) is 5.91 Å². The predicted octanol–water partition coefficient (Wildman–Crippen LogP) is 3.41. The van der Waals surface area contributed by atoms with Crippen molar-refractivity contribution in [2.45, 2.75) is 38.6 Å². The predicted molar refractivity (Wildman–Crippen MR) is 123 cm³/mol. The van der Waals surface area contributed by atoms with E-state index in [1.807, 2.05) is 41.0 Å². The summed E-state index contributed by atoms with van der Waals surface area (Å²) in [6, 6.07) is 12.2. The summed E-state index contributed by atoms with van der Waals surface area (Å²) in [7, 11) is 0. The Hall–Kier alpha value is -3.22. The molecule has 2 heterocycles. The molecule has 2 fully saturated rings. The minimum atomic E-state index is -0.655. The number of piperidine rings is 1. The molecule has 2 saturated heterocycles. The molecule has 1 unspecified atom stereocenters. The van der Waals surface area contributed by atoms with Crippen LogP contribution < -0.4 is 5.32 Å². The van der Waals surface area contributed by atoms with Crippen LogP contribution >= 0.6 is 0 Å². The van der Waals surface area contributed by atoms with Crippen LogP contribution in [0.15, 0.2) is 48.5 Å². The summed E-state index contributed by atoms with van der Waals surface area (Å²) in [4.78, 5) is 42.7. The average molecular weight is 452 g/mol. The third kappa shape index (κ3) is 5.41. The molecule has 0 saturated carbocycles. The van der Waals surface area contributed by atoms with Crippen LogP contribution in [0.5, 0.6) is 0 Å². The fourth-order valence-electron chi connectivity index (χ4n) is 4.66. The maximum absolute atomic E-state index is 13.3. The molecule has 7 heteroatoms. The van der Waals surface area contributed by atoms with Crippen molar-refractivity contribution in [1.29, 1.82) is 0 Å². The molecule has 6 nitrogen and oxygen atoms in total. The van der Waals surface area contributed by atoms with Crippen molar-refractivity contribution >= 4 is 17.7 Å². The largest absolute Gasteiger partial charge is 0.341 e. The Morgan fingerprint density at radius 2 is 1.42 bits per heavy atom. The molecule has 2 aliphatic rings. The van der Waals surface area contributed by atoms with Crippen LogP contribution in [0.4, 0.5) is 4.39 Å². The Morgan fingerprint density at radius 3 is 2.03 bits per heavy atom. The highest BCUT2D eigenvalue weighted by atomic mass is 19.1. The average Bonchev–Trinajstić information content (AvgIpc) is 3.38. The van der Waals surface area contributed by atoms with Gasteiger partial charge < -0.3 is 15.1 Å². The number of carbonyl (C=O) groups is 3. The third-order valence-corrected chi connectivity index (χ3v) is 6.67. The lowest BCUT2D eigenvalue weighted by Crippen LogP contribution is -2.54. The maximum Gasteiger partial charge on any atom is 0.253 e. The molecule has 3 amide bonds. The molecule has 0 aliphatic carbocycles. The van der Waals surface area contributed by atoms with Crippen LogP contribution in [0, 0.1) is 18.7 Å². The zero-order chi connectivity index (χ0) is 23.4. The lowest BCUT2D eigenvalue weighted by Gasteiger charge is -2.37. The van der Waals surface area contributed by atoms with Gasteiger partial charge in [-0.2, -0.15) is 0 Å². The second-order valence-corrected chi connectivity index (χ2v) is 8.99. The number of nitrogens with one attached hydrogen (secondary N) is 1. The van der Waals surface area contributed by atoms with Crippen molar-refractivity contribution in [3.8, 4) is 0 Å². The fraction of sp³-hybridized carbons (Fsp3) is 0.423. The molecule has 0 bridgehead atoms. The minimum absolute atomic E-state index is 0.00813. The van der Waals surface area contributed by atoms with E-state index in [0.29, 0.717) is 50.1 Å². The number of nitrogens with zero attached hydrogens (tertiary/aromatic N) is 2. The number of likely N-dealkylation sites (tertiary alicyclic amines) is 2. The van der Waals surface area contributed by atoms with E-state index >= 15 is 0 Å². The number of benzene rings is 2. The summed E-state index contributed by atoms with van der Waals surface area (Å²) in [6.07, 6.45) is 3.19. The number of halogens is 1. The Labute approximate surface area is 193 Å². The molecular formula is C26H30FN3O3. The zero-order valence-corrected chi connectivity index (χ0v) is 18.9. The molecule has 0 aromatic heterocycles. The molecule has 33 heavy (non-hydrogen) atoms. The van der Waals surface area contributed by atoms with E-state index in [-0.39, 0.29) is 23.6 Å². The van der Waals surface area contributed by atoms with E-state index in [1.54, 1.807) is 0 Å². The lowest BCUT2D eigenvalue weighted by molar-refractivity contribution is -0.134. The van der Waals surface area contributed by atoms with Crippen molar-refractivity contribution in [2.24, 2.45) is 5.92 Å². The van der Waals surface area contributed by atoms with E-state index in [1.165, 1.54) is 24.3 Å². The van der Waals surface area contributed by atoms with Gasteiger partial charge in [0.1, 0.15) is 11.9 Å².